The third-order valence-electron chi connectivity index (χ3n) is 12.2. The summed E-state index contributed by atoms with van der Waals surface area (Å²) in [6.07, 6.45) is 11.4. The first-order valence-electron chi connectivity index (χ1n) is 19.4. The Morgan fingerprint density at radius 2 is 1.82 bits per heavy atom. The number of carbonyl (C=O) groups excluding carboxylic acids is 1. The van der Waals surface area contributed by atoms with Crippen molar-refractivity contribution in [2.24, 2.45) is 17.3 Å². The maximum atomic E-state index is 13.9. The molecule has 4 aliphatic rings. The quantitative estimate of drug-likeness (QED) is 0.0824. The van der Waals surface area contributed by atoms with Crippen molar-refractivity contribution in [1.82, 2.24) is 24.6 Å². The summed E-state index contributed by atoms with van der Waals surface area (Å²) in [4.78, 5) is 41.0. The predicted molar refractivity (Wildman–Crippen MR) is 212 cm³/mol. The van der Waals surface area contributed by atoms with Crippen LogP contribution in [0.5, 0.6) is 11.5 Å². The number of benzene rings is 1. The first-order chi connectivity index (χ1) is 26.9. The lowest BCUT2D eigenvalue weighted by molar-refractivity contribution is -0.384. The Kier molecular flexibility index (Phi) is 10.8. The third-order valence-corrected chi connectivity index (χ3v) is 13.8. The molecule has 0 bridgehead atoms. The van der Waals surface area contributed by atoms with E-state index in [0.717, 1.165) is 101 Å². The zero-order valence-corrected chi connectivity index (χ0v) is 32.9. The Balaban J connectivity index is 1.01. The normalized spacial score (nSPS) is 21.8. The number of sulfonamides is 1. The number of halogens is 1. The number of fused-ring (bicyclic) bond motifs is 1. The van der Waals surface area contributed by atoms with Gasteiger partial charge in [-0.2, -0.15) is 0 Å². The van der Waals surface area contributed by atoms with Crippen molar-refractivity contribution in [3.05, 3.63) is 69.6 Å². The van der Waals surface area contributed by atoms with Crippen LogP contribution < -0.4 is 19.7 Å². The highest BCUT2D eigenvalue weighted by Crippen LogP contribution is 2.51. The Hall–Kier alpha value is -4.51. The van der Waals surface area contributed by atoms with Crippen molar-refractivity contribution >= 4 is 55.8 Å². The Bertz CT molecular complexity index is 2210. The third kappa shape index (κ3) is 8.15. The average Bonchev–Trinajstić information content (AvgIpc) is 3.64. The second kappa shape index (κ2) is 15.8. The fourth-order valence-electron chi connectivity index (χ4n) is 8.77. The van der Waals surface area contributed by atoms with Gasteiger partial charge in [0.05, 0.1) is 29.9 Å². The molecule has 17 heteroatoms. The number of pyridine rings is 2. The van der Waals surface area contributed by atoms with Crippen LogP contribution in [0.1, 0.15) is 68.6 Å². The molecule has 4 aromatic rings. The highest BCUT2D eigenvalue weighted by Gasteiger charge is 2.48. The highest BCUT2D eigenvalue weighted by atomic mass is 35.5. The fraction of sp³-hybridized carbons (Fsp3) is 0.513. The largest absolute Gasteiger partial charge is 0.453 e. The highest BCUT2D eigenvalue weighted by molar-refractivity contribution is 7.90. The zero-order chi connectivity index (χ0) is 39.0. The molecule has 3 aromatic heterocycles. The van der Waals surface area contributed by atoms with Crippen molar-refractivity contribution in [2.45, 2.75) is 69.2 Å². The van der Waals surface area contributed by atoms with Crippen LogP contribution in [0.25, 0.3) is 11.0 Å². The van der Waals surface area contributed by atoms with Gasteiger partial charge >= 0.3 is 5.69 Å². The van der Waals surface area contributed by atoms with Crippen LogP contribution >= 0.6 is 11.6 Å². The number of hydrogen-bond donors (Lipinski definition) is 3. The molecule has 3 N–H and O–H groups in total. The van der Waals surface area contributed by atoms with Gasteiger partial charge in [0, 0.05) is 68.2 Å². The second-order valence-electron chi connectivity index (χ2n) is 15.9. The summed E-state index contributed by atoms with van der Waals surface area (Å²) < 4.78 is 41.1. The number of ether oxygens (including phenoxy) is 2. The number of aromatic nitrogens is 3. The van der Waals surface area contributed by atoms with Crippen molar-refractivity contribution < 1.29 is 27.6 Å². The standard InChI is InChI=1S/C39H47ClN8O7S/c1-25-2-4-26(5-3-25)23-42-37-32(48(50)51)20-30(24-43-37)56(52,53)45-38(49)31-7-6-28(19-33(31)55-34-18-27-8-11-41-36(27)44-35(34)40)46-12-9-39(10-13-46)21-29(22-39)47-14-16-54-17-15-47/h6-8,11,18-20,24-26,29H,2-5,9-10,12-17,21-23H2,1H3,(H,41,44)(H,42,43)(H,45,49)/t25-,26+. The molecule has 4 fully saturated rings. The molecule has 2 aliphatic heterocycles. The minimum absolute atomic E-state index is 0.0205. The van der Waals surface area contributed by atoms with Gasteiger partial charge < -0.3 is 24.7 Å². The van der Waals surface area contributed by atoms with Crippen LogP contribution in [-0.2, 0) is 14.8 Å². The first kappa shape index (κ1) is 38.4. The maximum absolute atomic E-state index is 13.9. The van der Waals surface area contributed by atoms with Gasteiger partial charge in [-0.05, 0) is 80.0 Å². The van der Waals surface area contributed by atoms with Gasteiger partial charge in [0.25, 0.3) is 15.9 Å². The molecular weight excluding hydrogens is 760 g/mol. The molecule has 2 saturated heterocycles. The molecule has 2 saturated carbocycles. The molecule has 8 rings (SSSR count). The van der Waals surface area contributed by atoms with Gasteiger partial charge in [-0.1, -0.05) is 31.4 Å². The molecule has 15 nitrogen and oxygen atoms in total. The van der Waals surface area contributed by atoms with Crippen molar-refractivity contribution in [2.75, 3.05) is 56.2 Å². The van der Waals surface area contributed by atoms with Gasteiger partial charge in [-0.15, -0.1) is 0 Å². The number of piperidine rings is 1. The summed E-state index contributed by atoms with van der Waals surface area (Å²) in [6.45, 7) is 7.94. The number of nitro groups is 1. The molecule has 0 unspecified atom stereocenters. The predicted octanol–water partition coefficient (Wildman–Crippen LogP) is 6.75. The van der Waals surface area contributed by atoms with Gasteiger partial charge in [-0.25, -0.2) is 23.1 Å². The molecule has 2 aliphatic carbocycles. The molecule has 298 valence electrons. The Morgan fingerprint density at radius 1 is 1.07 bits per heavy atom. The summed E-state index contributed by atoms with van der Waals surface area (Å²) in [7, 11) is -4.61. The molecule has 5 heterocycles. The topological polar surface area (TPSA) is 185 Å². The molecule has 0 radical (unpaired) electrons. The molecular formula is C39H47ClN8O7S. The molecule has 1 spiro atoms. The lowest BCUT2D eigenvalue weighted by Crippen LogP contribution is -2.57. The minimum Gasteiger partial charge on any atom is -0.453 e. The number of amides is 1. The van der Waals surface area contributed by atoms with E-state index >= 15 is 0 Å². The van der Waals surface area contributed by atoms with E-state index in [1.165, 1.54) is 18.9 Å². The van der Waals surface area contributed by atoms with Crippen LogP contribution in [0.4, 0.5) is 17.2 Å². The lowest BCUT2D eigenvalue weighted by atomic mass is 9.60. The van der Waals surface area contributed by atoms with E-state index in [2.05, 4.69) is 41.7 Å². The minimum atomic E-state index is -4.61. The summed E-state index contributed by atoms with van der Waals surface area (Å²) in [5.41, 5.74) is 1.12. The lowest BCUT2D eigenvalue weighted by Gasteiger charge is -2.56. The smallest absolute Gasteiger partial charge is 0.312 e. The number of rotatable bonds is 11. The molecule has 1 aromatic carbocycles. The number of nitrogens with zero attached hydrogens (tertiary/aromatic N) is 5. The van der Waals surface area contributed by atoms with E-state index < -0.39 is 31.4 Å². The summed E-state index contributed by atoms with van der Waals surface area (Å²) in [6, 6.07) is 10.0. The van der Waals surface area contributed by atoms with E-state index in [9.17, 15) is 23.3 Å². The van der Waals surface area contributed by atoms with Gasteiger partial charge in [0.1, 0.15) is 16.3 Å². The molecule has 0 atom stereocenters. The van der Waals surface area contributed by atoms with Crippen LogP contribution in [0.2, 0.25) is 5.15 Å². The van der Waals surface area contributed by atoms with Crippen LogP contribution in [-0.4, -0.2) is 91.1 Å². The van der Waals surface area contributed by atoms with E-state index in [4.69, 9.17) is 21.1 Å². The zero-order valence-electron chi connectivity index (χ0n) is 31.3. The SMILES string of the molecule is C[C@H]1CC[C@@H](CNc2ncc(S(=O)(=O)NC(=O)c3ccc(N4CCC5(CC4)CC(N4CCOCC4)C5)cc3Oc3cc4cc[nH]c4nc3Cl)cc2[N+](=O)[O-])CC1. The second-order valence-corrected chi connectivity index (χ2v) is 18.0. The monoisotopic (exact) mass is 806 g/mol. The fourth-order valence-corrected chi connectivity index (χ4v) is 9.87. The number of hydrogen-bond acceptors (Lipinski definition) is 12. The van der Waals surface area contributed by atoms with E-state index in [-0.39, 0.29) is 28.0 Å². The number of anilines is 2. The average molecular weight is 807 g/mol. The van der Waals surface area contributed by atoms with Gasteiger partial charge in [0.15, 0.2) is 10.9 Å². The van der Waals surface area contributed by atoms with Gasteiger partial charge in [0.2, 0.25) is 5.82 Å². The van der Waals surface area contributed by atoms with E-state index in [1.54, 1.807) is 30.5 Å². The molecule has 56 heavy (non-hydrogen) atoms. The summed E-state index contributed by atoms with van der Waals surface area (Å²) >= 11 is 6.52. The van der Waals surface area contributed by atoms with Gasteiger partial charge in [-0.3, -0.25) is 19.8 Å². The Labute approximate surface area is 330 Å². The maximum Gasteiger partial charge on any atom is 0.312 e. The number of nitrogens with one attached hydrogen (secondary N) is 3. The van der Waals surface area contributed by atoms with Crippen LogP contribution in [0, 0.1) is 27.4 Å². The first-order valence-corrected chi connectivity index (χ1v) is 21.3. The molecule has 1 amide bonds. The van der Waals surface area contributed by atoms with E-state index in [1.807, 2.05) is 0 Å². The Morgan fingerprint density at radius 3 is 2.55 bits per heavy atom. The summed E-state index contributed by atoms with van der Waals surface area (Å²) in [5.74, 6) is 0.248. The van der Waals surface area contributed by atoms with Crippen molar-refractivity contribution in [1.29, 1.82) is 0 Å². The number of H-pyrrole nitrogens is 1. The van der Waals surface area contributed by atoms with Crippen molar-refractivity contribution in [3.8, 4) is 11.5 Å². The number of aromatic amines is 1. The number of morpholine rings is 1. The number of carbonyl (C=O) groups is 1. The summed E-state index contributed by atoms with van der Waals surface area (Å²) in [5, 5.41) is 15.9. The van der Waals surface area contributed by atoms with Crippen LogP contribution in [0.15, 0.2) is 53.7 Å². The van der Waals surface area contributed by atoms with Crippen LogP contribution in [0.3, 0.4) is 0 Å². The van der Waals surface area contributed by atoms with Crippen molar-refractivity contribution in [3.63, 3.8) is 0 Å². The van der Waals surface area contributed by atoms with E-state index in [0.29, 0.717) is 35.5 Å².